The Balaban J connectivity index is 1.76. The van der Waals surface area contributed by atoms with E-state index in [2.05, 4.69) is 17.3 Å². The standard InChI is InChI=1S/C19H15NO3/c1-11-17(12(2)23-20-11)19(21)22-18-15-9-5-3-7-13(15)14-8-4-6-10-16(14)18/h3-10,18H,1-2H3. The van der Waals surface area contributed by atoms with E-state index in [1.54, 1.807) is 13.8 Å². The molecule has 3 aromatic rings. The van der Waals surface area contributed by atoms with Gasteiger partial charge < -0.3 is 9.26 Å². The van der Waals surface area contributed by atoms with E-state index >= 15 is 0 Å². The van der Waals surface area contributed by atoms with Crippen LogP contribution in [0.15, 0.2) is 53.1 Å². The molecular weight excluding hydrogens is 290 g/mol. The lowest BCUT2D eigenvalue weighted by Crippen LogP contribution is -2.12. The molecule has 1 aliphatic carbocycles. The second-order valence-corrected chi connectivity index (χ2v) is 5.66. The lowest BCUT2D eigenvalue weighted by molar-refractivity contribution is 0.0383. The molecular formula is C19H15NO3. The van der Waals surface area contributed by atoms with Crippen LogP contribution in [0.1, 0.15) is 39.0 Å². The number of ether oxygens (including phenoxy) is 1. The van der Waals surface area contributed by atoms with Crippen LogP contribution < -0.4 is 0 Å². The molecule has 0 saturated carbocycles. The van der Waals surface area contributed by atoms with Crippen molar-refractivity contribution >= 4 is 5.97 Å². The predicted molar refractivity (Wildman–Crippen MR) is 85.1 cm³/mol. The van der Waals surface area contributed by atoms with Crippen molar-refractivity contribution in [2.24, 2.45) is 0 Å². The van der Waals surface area contributed by atoms with Crippen molar-refractivity contribution in [1.82, 2.24) is 5.16 Å². The third-order valence-corrected chi connectivity index (χ3v) is 4.24. The van der Waals surface area contributed by atoms with E-state index in [0.717, 1.165) is 22.3 Å². The summed E-state index contributed by atoms with van der Waals surface area (Å²) in [5, 5.41) is 3.82. The molecule has 1 aliphatic rings. The number of rotatable bonds is 2. The highest BCUT2D eigenvalue weighted by Gasteiger charge is 2.32. The van der Waals surface area contributed by atoms with E-state index in [1.807, 2.05) is 36.4 Å². The molecule has 4 heteroatoms. The van der Waals surface area contributed by atoms with Crippen LogP contribution in [-0.4, -0.2) is 11.1 Å². The van der Waals surface area contributed by atoms with Crippen molar-refractivity contribution in [2.45, 2.75) is 20.0 Å². The third kappa shape index (κ3) is 2.06. The molecule has 114 valence electrons. The fourth-order valence-corrected chi connectivity index (χ4v) is 3.18. The molecule has 0 aliphatic heterocycles. The van der Waals surface area contributed by atoms with Gasteiger partial charge in [-0.1, -0.05) is 53.7 Å². The number of hydrogen-bond donors (Lipinski definition) is 0. The lowest BCUT2D eigenvalue weighted by atomic mass is 10.1. The Morgan fingerprint density at radius 3 is 2.09 bits per heavy atom. The summed E-state index contributed by atoms with van der Waals surface area (Å²) in [6.07, 6.45) is -0.399. The Hall–Kier alpha value is -2.88. The van der Waals surface area contributed by atoms with Crippen LogP contribution in [-0.2, 0) is 4.74 Å². The lowest BCUT2D eigenvalue weighted by Gasteiger charge is -2.14. The summed E-state index contributed by atoms with van der Waals surface area (Å²) in [6.45, 7) is 3.46. The summed E-state index contributed by atoms with van der Waals surface area (Å²) < 4.78 is 10.9. The summed E-state index contributed by atoms with van der Waals surface area (Å²) in [6, 6.07) is 16.0. The average Bonchev–Trinajstić information content (AvgIpc) is 3.06. The van der Waals surface area contributed by atoms with Crippen molar-refractivity contribution in [3.63, 3.8) is 0 Å². The van der Waals surface area contributed by atoms with Gasteiger partial charge in [-0.15, -0.1) is 0 Å². The smallest absolute Gasteiger partial charge is 0.344 e. The van der Waals surface area contributed by atoms with Crippen molar-refractivity contribution < 1.29 is 14.1 Å². The highest BCUT2D eigenvalue weighted by Crippen LogP contribution is 2.45. The Bertz CT molecular complexity index is 845. The zero-order chi connectivity index (χ0) is 16.0. The molecule has 1 heterocycles. The first-order valence-corrected chi connectivity index (χ1v) is 7.49. The van der Waals surface area contributed by atoms with Crippen LogP contribution >= 0.6 is 0 Å². The SMILES string of the molecule is Cc1noc(C)c1C(=O)OC1c2ccccc2-c2ccccc21. The number of aromatic nitrogens is 1. The van der Waals surface area contributed by atoms with Gasteiger partial charge in [-0.25, -0.2) is 4.79 Å². The number of carbonyl (C=O) groups is 1. The minimum absolute atomic E-state index is 0.399. The Kier molecular flexibility index (Phi) is 3.05. The topological polar surface area (TPSA) is 52.3 Å². The average molecular weight is 305 g/mol. The second-order valence-electron chi connectivity index (χ2n) is 5.66. The van der Waals surface area contributed by atoms with E-state index in [0.29, 0.717) is 17.0 Å². The number of carbonyl (C=O) groups excluding carboxylic acids is 1. The molecule has 0 unspecified atom stereocenters. The number of benzene rings is 2. The van der Waals surface area contributed by atoms with Crippen LogP contribution in [0.25, 0.3) is 11.1 Å². The van der Waals surface area contributed by atoms with Gasteiger partial charge in [0.1, 0.15) is 11.3 Å². The highest BCUT2D eigenvalue weighted by atomic mass is 16.5. The van der Waals surface area contributed by atoms with Crippen molar-refractivity contribution in [3.05, 3.63) is 76.7 Å². The molecule has 23 heavy (non-hydrogen) atoms. The zero-order valence-corrected chi connectivity index (χ0v) is 12.9. The quantitative estimate of drug-likeness (QED) is 0.665. The van der Waals surface area contributed by atoms with Gasteiger partial charge in [-0.05, 0) is 25.0 Å². The van der Waals surface area contributed by atoms with Gasteiger partial charge in [-0.2, -0.15) is 0 Å². The van der Waals surface area contributed by atoms with Crippen molar-refractivity contribution in [2.75, 3.05) is 0 Å². The first kappa shape index (κ1) is 13.8. The molecule has 0 spiro atoms. The van der Waals surface area contributed by atoms with E-state index in [-0.39, 0.29) is 0 Å². The molecule has 1 aromatic heterocycles. The molecule has 2 aromatic carbocycles. The van der Waals surface area contributed by atoms with Gasteiger partial charge in [0.25, 0.3) is 0 Å². The summed E-state index contributed by atoms with van der Waals surface area (Å²) in [5.41, 5.74) is 5.20. The Morgan fingerprint density at radius 1 is 1.00 bits per heavy atom. The van der Waals surface area contributed by atoms with Crippen LogP contribution in [0.4, 0.5) is 0 Å². The van der Waals surface area contributed by atoms with E-state index in [9.17, 15) is 4.79 Å². The van der Waals surface area contributed by atoms with Gasteiger partial charge in [0.15, 0.2) is 6.10 Å². The van der Waals surface area contributed by atoms with Crippen LogP contribution in [0.5, 0.6) is 0 Å². The fourth-order valence-electron chi connectivity index (χ4n) is 3.18. The van der Waals surface area contributed by atoms with Gasteiger partial charge in [0, 0.05) is 11.1 Å². The van der Waals surface area contributed by atoms with Crippen LogP contribution in [0.3, 0.4) is 0 Å². The maximum Gasteiger partial charge on any atom is 0.344 e. The summed E-state index contributed by atoms with van der Waals surface area (Å²) in [7, 11) is 0. The monoisotopic (exact) mass is 305 g/mol. The van der Waals surface area contributed by atoms with Gasteiger partial charge in [0.05, 0.1) is 5.69 Å². The van der Waals surface area contributed by atoms with E-state index in [1.165, 1.54) is 0 Å². The van der Waals surface area contributed by atoms with E-state index in [4.69, 9.17) is 9.26 Å². The number of nitrogens with zero attached hydrogens (tertiary/aromatic N) is 1. The molecule has 0 radical (unpaired) electrons. The molecule has 4 nitrogen and oxygen atoms in total. The molecule has 0 saturated heterocycles. The summed E-state index contributed by atoms with van der Waals surface area (Å²) in [4.78, 5) is 12.6. The third-order valence-electron chi connectivity index (χ3n) is 4.24. The number of hydrogen-bond acceptors (Lipinski definition) is 4. The molecule has 0 bridgehead atoms. The second kappa shape index (κ2) is 5.09. The molecule has 4 rings (SSSR count). The number of aryl methyl sites for hydroxylation is 2. The van der Waals surface area contributed by atoms with Gasteiger partial charge in [0.2, 0.25) is 0 Å². The zero-order valence-electron chi connectivity index (χ0n) is 12.9. The Morgan fingerprint density at radius 2 is 1.57 bits per heavy atom. The predicted octanol–water partition coefficient (Wildman–Crippen LogP) is 4.22. The van der Waals surface area contributed by atoms with Crippen molar-refractivity contribution in [1.29, 1.82) is 0 Å². The minimum atomic E-state index is -0.405. The van der Waals surface area contributed by atoms with Crippen LogP contribution in [0.2, 0.25) is 0 Å². The van der Waals surface area contributed by atoms with E-state index < -0.39 is 12.1 Å². The first-order chi connectivity index (χ1) is 11.2. The summed E-state index contributed by atoms with van der Waals surface area (Å²) >= 11 is 0. The maximum atomic E-state index is 12.6. The fraction of sp³-hybridized carbons (Fsp3) is 0.158. The molecule has 0 amide bonds. The normalized spacial score (nSPS) is 12.8. The highest BCUT2D eigenvalue weighted by molar-refractivity contribution is 5.92. The van der Waals surface area contributed by atoms with Crippen LogP contribution in [0, 0.1) is 13.8 Å². The molecule has 0 atom stereocenters. The number of fused-ring (bicyclic) bond motifs is 3. The first-order valence-electron chi connectivity index (χ1n) is 7.49. The molecule has 0 fully saturated rings. The van der Waals surface area contributed by atoms with Crippen molar-refractivity contribution in [3.8, 4) is 11.1 Å². The van der Waals surface area contributed by atoms with Gasteiger partial charge in [-0.3, -0.25) is 0 Å². The number of esters is 1. The molecule has 0 N–H and O–H groups in total. The largest absolute Gasteiger partial charge is 0.449 e. The van der Waals surface area contributed by atoms with Gasteiger partial charge >= 0.3 is 5.97 Å². The Labute approximate surface area is 133 Å². The summed E-state index contributed by atoms with van der Waals surface area (Å²) in [5.74, 6) is 0.0739. The maximum absolute atomic E-state index is 12.6. The minimum Gasteiger partial charge on any atom is -0.449 e.